The van der Waals surface area contributed by atoms with Gasteiger partial charge in [0.1, 0.15) is 5.78 Å². The average Bonchev–Trinajstić information content (AvgIpc) is 2.25. The maximum Gasteiger partial charge on any atom is 0.337 e. The molecule has 1 aromatic rings. The van der Waals surface area contributed by atoms with Crippen molar-refractivity contribution in [3.05, 3.63) is 35.4 Å². The lowest BCUT2D eigenvalue weighted by Crippen LogP contribution is -2.02. The van der Waals surface area contributed by atoms with Crippen molar-refractivity contribution < 1.29 is 14.3 Å². The Balaban J connectivity index is 2.74. The van der Waals surface area contributed by atoms with Gasteiger partial charge in [-0.15, -0.1) is 0 Å². The first kappa shape index (κ1) is 11.4. The molecule has 15 heavy (non-hydrogen) atoms. The van der Waals surface area contributed by atoms with Crippen LogP contribution in [0.3, 0.4) is 0 Å². The number of carbonyl (C=O) groups excluding carboxylic acids is 2. The SMILES string of the molecule is COC(=O)c1cccc(CCC(C)=O)c1. The lowest BCUT2D eigenvalue weighted by molar-refractivity contribution is -0.116. The lowest BCUT2D eigenvalue weighted by atomic mass is 10.1. The molecule has 0 amide bonds. The highest BCUT2D eigenvalue weighted by atomic mass is 16.5. The van der Waals surface area contributed by atoms with Crippen molar-refractivity contribution in [3.63, 3.8) is 0 Å². The van der Waals surface area contributed by atoms with Gasteiger partial charge in [-0.1, -0.05) is 12.1 Å². The second kappa shape index (κ2) is 5.29. The molecule has 0 N–H and O–H groups in total. The van der Waals surface area contributed by atoms with Crippen molar-refractivity contribution >= 4 is 11.8 Å². The molecule has 0 aliphatic rings. The first-order valence-corrected chi connectivity index (χ1v) is 4.80. The summed E-state index contributed by atoms with van der Waals surface area (Å²) in [6.45, 7) is 1.56. The van der Waals surface area contributed by atoms with Gasteiger partial charge in [0.2, 0.25) is 0 Å². The zero-order valence-corrected chi connectivity index (χ0v) is 8.95. The van der Waals surface area contributed by atoms with Gasteiger partial charge in [0.05, 0.1) is 12.7 Å². The van der Waals surface area contributed by atoms with Crippen LogP contribution < -0.4 is 0 Å². The van der Waals surface area contributed by atoms with E-state index in [0.717, 1.165) is 5.56 Å². The molecule has 0 spiro atoms. The van der Waals surface area contributed by atoms with Gasteiger partial charge < -0.3 is 9.53 Å². The number of methoxy groups -OCH3 is 1. The highest BCUT2D eigenvalue weighted by molar-refractivity contribution is 5.89. The molecule has 0 fully saturated rings. The molecule has 0 atom stereocenters. The van der Waals surface area contributed by atoms with E-state index in [1.54, 1.807) is 25.1 Å². The minimum absolute atomic E-state index is 0.151. The Morgan fingerprint density at radius 1 is 1.33 bits per heavy atom. The summed E-state index contributed by atoms with van der Waals surface area (Å²) in [7, 11) is 1.35. The Hall–Kier alpha value is -1.64. The fourth-order valence-corrected chi connectivity index (χ4v) is 1.29. The molecule has 0 aliphatic heterocycles. The van der Waals surface area contributed by atoms with Crippen LogP contribution >= 0.6 is 0 Å². The van der Waals surface area contributed by atoms with Crippen LogP contribution in [-0.4, -0.2) is 18.9 Å². The number of aryl methyl sites for hydroxylation is 1. The zero-order valence-electron chi connectivity index (χ0n) is 8.95. The van der Waals surface area contributed by atoms with E-state index in [-0.39, 0.29) is 11.8 Å². The predicted molar refractivity (Wildman–Crippen MR) is 56.8 cm³/mol. The van der Waals surface area contributed by atoms with E-state index in [2.05, 4.69) is 4.74 Å². The molecule has 0 bridgehead atoms. The lowest BCUT2D eigenvalue weighted by Gasteiger charge is -2.02. The summed E-state index contributed by atoms with van der Waals surface area (Å²) < 4.78 is 4.61. The molecule has 0 saturated heterocycles. The average molecular weight is 206 g/mol. The summed E-state index contributed by atoms with van der Waals surface area (Å²) >= 11 is 0. The fourth-order valence-electron chi connectivity index (χ4n) is 1.29. The van der Waals surface area contributed by atoms with E-state index in [9.17, 15) is 9.59 Å². The third-order valence-electron chi connectivity index (χ3n) is 2.11. The van der Waals surface area contributed by atoms with Crippen molar-refractivity contribution in [2.45, 2.75) is 19.8 Å². The molecular formula is C12H14O3. The van der Waals surface area contributed by atoms with Gasteiger partial charge in [-0.2, -0.15) is 0 Å². The molecule has 0 radical (unpaired) electrons. The van der Waals surface area contributed by atoms with Crippen molar-refractivity contribution in [3.8, 4) is 0 Å². The van der Waals surface area contributed by atoms with Gasteiger partial charge in [-0.3, -0.25) is 0 Å². The molecule has 0 aromatic heterocycles. The van der Waals surface area contributed by atoms with Crippen LogP contribution in [0.5, 0.6) is 0 Å². The van der Waals surface area contributed by atoms with E-state index >= 15 is 0 Å². The second-order valence-corrected chi connectivity index (χ2v) is 3.39. The van der Waals surface area contributed by atoms with E-state index in [4.69, 9.17) is 0 Å². The van der Waals surface area contributed by atoms with Gasteiger partial charge in [-0.05, 0) is 31.0 Å². The van der Waals surface area contributed by atoms with Gasteiger partial charge in [0, 0.05) is 6.42 Å². The fraction of sp³-hybridized carbons (Fsp3) is 0.333. The summed E-state index contributed by atoms with van der Waals surface area (Å²) in [6.07, 6.45) is 1.17. The molecule has 1 rings (SSSR count). The summed E-state index contributed by atoms with van der Waals surface area (Å²) in [5.74, 6) is -0.196. The molecular weight excluding hydrogens is 192 g/mol. The topological polar surface area (TPSA) is 43.4 Å². The first-order valence-electron chi connectivity index (χ1n) is 4.80. The summed E-state index contributed by atoms with van der Waals surface area (Å²) in [5, 5.41) is 0. The second-order valence-electron chi connectivity index (χ2n) is 3.39. The van der Waals surface area contributed by atoms with E-state index in [1.807, 2.05) is 6.07 Å². The van der Waals surface area contributed by atoms with Crippen LogP contribution in [0.4, 0.5) is 0 Å². The maximum absolute atomic E-state index is 11.2. The molecule has 3 heteroatoms. The molecule has 0 unspecified atom stereocenters. The minimum Gasteiger partial charge on any atom is -0.465 e. The molecule has 0 heterocycles. The third kappa shape index (κ3) is 3.54. The minimum atomic E-state index is -0.348. The van der Waals surface area contributed by atoms with E-state index in [1.165, 1.54) is 7.11 Å². The third-order valence-corrected chi connectivity index (χ3v) is 2.11. The summed E-state index contributed by atoms with van der Waals surface area (Å²) in [5.41, 5.74) is 1.51. The quantitative estimate of drug-likeness (QED) is 0.707. The van der Waals surface area contributed by atoms with Crippen LogP contribution in [0.1, 0.15) is 29.3 Å². The van der Waals surface area contributed by atoms with Crippen LogP contribution in [-0.2, 0) is 16.0 Å². The Labute approximate surface area is 89.1 Å². The number of hydrogen-bond donors (Lipinski definition) is 0. The van der Waals surface area contributed by atoms with Gasteiger partial charge in [0.25, 0.3) is 0 Å². The Kier molecular flexibility index (Phi) is 4.03. The highest BCUT2D eigenvalue weighted by Crippen LogP contribution is 2.08. The standard InChI is InChI=1S/C12H14O3/c1-9(13)6-7-10-4-3-5-11(8-10)12(14)15-2/h3-5,8H,6-7H2,1-2H3. The van der Waals surface area contributed by atoms with E-state index < -0.39 is 0 Å². The van der Waals surface area contributed by atoms with Crippen LogP contribution in [0.25, 0.3) is 0 Å². The molecule has 1 aromatic carbocycles. The van der Waals surface area contributed by atoms with Crippen molar-refractivity contribution in [2.24, 2.45) is 0 Å². The number of ether oxygens (including phenoxy) is 1. The smallest absolute Gasteiger partial charge is 0.337 e. The number of carbonyl (C=O) groups is 2. The zero-order chi connectivity index (χ0) is 11.3. The van der Waals surface area contributed by atoms with Crippen molar-refractivity contribution in [1.29, 1.82) is 0 Å². The number of hydrogen-bond acceptors (Lipinski definition) is 3. The number of Topliss-reactive ketones (excluding diaryl/α,β-unsaturated/α-hetero) is 1. The first-order chi connectivity index (χ1) is 7.13. The molecule has 80 valence electrons. The van der Waals surface area contributed by atoms with Crippen LogP contribution in [0.15, 0.2) is 24.3 Å². The monoisotopic (exact) mass is 206 g/mol. The number of benzene rings is 1. The maximum atomic E-state index is 11.2. The molecule has 0 saturated carbocycles. The molecule has 0 aliphatic carbocycles. The predicted octanol–water partition coefficient (Wildman–Crippen LogP) is 1.99. The number of rotatable bonds is 4. The van der Waals surface area contributed by atoms with Gasteiger partial charge >= 0.3 is 5.97 Å². The highest BCUT2D eigenvalue weighted by Gasteiger charge is 2.05. The Morgan fingerprint density at radius 3 is 2.67 bits per heavy atom. The number of esters is 1. The Bertz CT molecular complexity index is 369. The summed E-state index contributed by atoms with van der Waals surface area (Å²) in [6, 6.07) is 7.15. The Morgan fingerprint density at radius 2 is 2.07 bits per heavy atom. The molecule has 3 nitrogen and oxygen atoms in total. The van der Waals surface area contributed by atoms with E-state index in [0.29, 0.717) is 18.4 Å². The largest absolute Gasteiger partial charge is 0.465 e. The van der Waals surface area contributed by atoms with Gasteiger partial charge in [0.15, 0.2) is 0 Å². The number of ketones is 1. The van der Waals surface area contributed by atoms with Crippen molar-refractivity contribution in [1.82, 2.24) is 0 Å². The van der Waals surface area contributed by atoms with Crippen LogP contribution in [0, 0.1) is 0 Å². The van der Waals surface area contributed by atoms with Crippen LogP contribution in [0.2, 0.25) is 0 Å². The summed E-state index contributed by atoms with van der Waals surface area (Å²) in [4.78, 5) is 22.0. The van der Waals surface area contributed by atoms with Gasteiger partial charge in [-0.25, -0.2) is 4.79 Å². The van der Waals surface area contributed by atoms with Crippen molar-refractivity contribution in [2.75, 3.05) is 7.11 Å². The normalized spacial score (nSPS) is 9.73.